The summed E-state index contributed by atoms with van der Waals surface area (Å²) < 4.78 is 0. The van der Waals surface area contributed by atoms with Gasteiger partial charge in [0.25, 0.3) is 0 Å². The molecule has 2 heteroatoms. The fourth-order valence-corrected chi connectivity index (χ4v) is 2.00. The second kappa shape index (κ2) is 4.27. The summed E-state index contributed by atoms with van der Waals surface area (Å²) in [6.45, 7) is 2.14. The molecule has 0 fully saturated rings. The van der Waals surface area contributed by atoms with E-state index in [0.29, 0.717) is 4.83 Å². The van der Waals surface area contributed by atoms with Gasteiger partial charge >= 0.3 is 0 Å². The Morgan fingerprint density at radius 2 is 2.00 bits per heavy atom. The maximum absolute atomic E-state index is 3.55. The Hall–Kier alpha value is 0.180. The summed E-state index contributed by atoms with van der Waals surface area (Å²) in [7, 11) is 0. The van der Waals surface area contributed by atoms with E-state index in [0.717, 1.165) is 5.33 Å². The Morgan fingerprint density at radius 1 is 1.36 bits per heavy atom. The Bertz CT molecular complexity index is 231. The second-order valence-electron chi connectivity index (χ2n) is 2.45. The molecule has 11 heavy (non-hydrogen) atoms. The van der Waals surface area contributed by atoms with Crippen LogP contribution in [-0.4, -0.2) is 0 Å². The number of alkyl halides is 2. The molecule has 0 aliphatic rings. The summed E-state index contributed by atoms with van der Waals surface area (Å²) in [4.78, 5) is 0.441. The SMILES string of the molecule is CC(Br)c1ccccc1CBr. The fraction of sp³-hybridized carbons (Fsp3) is 0.333. The summed E-state index contributed by atoms with van der Waals surface area (Å²) in [5, 5.41) is 0.930. The molecule has 1 unspecified atom stereocenters. The molecule has 0 saturated carbocycles. The lowest BCUT2D eigenvalue weighted by Crippen LogP contribution is -1.89. The van der Waals surface area contributed by atoms with Crippen LogP contribution in [0.2, 0.25) is 0 Å². The summed E-state index contributed by atoms with van der Waals surface area (Å²) in [6.07, 6.45) is 0. The zero-order chi connectivity index (χ0) is 8.27. The molecule has 0 aliphatic carbocycles. The molecule has 0 bridgehead atoms. The first-order valence-electron chi connectivity index (χ1n) is 3.53. The quantitative estimate of drug-likeness (QED) is 0.716. The van der Waals surface area contributed by atoms with Crippen molar-refractivity contribution < 1.29 is 0 Å². The summed E-state index contributed by atoms with van der Waals surface area (Å²) in [6, 6.07) is 8.42. The fourth-order valence-electron chi connectivity index (χ4n) is 1.04. The maximum Gasteiger partial charge on any atom is 0.0370 e. The van der Waals surface area contributed by atoms with Gasteiger partial charge in [-0.15, -0.1) is 0 Å². The van der Waals surface area contributed by atoms with Gasteiger partial charge in [-0.3, -0.25) is 0 Å². The van der Waals surface area contributed by atoms with Gasteiger partial charge < -0.3 is 0 Å². The Kier molecular flexibility index (Phi) is 3.60. The number of rotatable bonds is 2. The van der Waals surface area contributed by atoms with Gasteiger partial charge in [0.05, 0.1) is 0 Å². The van der Waals surface area contributed by atoms with E-state index in [1.165, 1.54) is 11.1 Å². The van der Waals surface area contributed by atoms with Crippen molar-refractivity contribution in [2.75, 3.05) is 0 Å². The minimum Gasteiger partial charge on any atom is -0.0876 e. The first-order chi connectivity index (χ1) is 5.25. The maximum atomic E-state index is 3.55. The van der Waals surface area contributed by atoms with Crippen molar-refractivity contribution in [3.8, 4) is 0 Å². The van der Waals surface area contributed by atoms with Crippen LogP contribution in [0.25, 0.3) is 0 Å². The molecule has 0 spiro atoms. The van der Waals surface area contributed by atoms with Gasteiger partial charge in [-0.2, -0.15) is 0 Å². The molecule has 1 aromatic carbocycles. The van der Waals surface area contributed by atoms with Crippen molar-refractivity contribution in [3.63, 3.8) is 0 Å². The average molecular weight is 278 g/mol. The summed E-state index contributed by atoms with van der Waals surface area (Å²) >= 11 is 7.01. The Balaban J connectivity index is 3.02. The standard InChI is InChI=1S/C9H10Br2/c1-7(11)9-5-3-2-4-8(9)6-10/h2-5,7H,6H2,1H3. The first kappa shape index (κ1) is 9.27. The molecule has 0 aromatic heterocycles. The molecule has 1 atom stereocenters. The monoisotopic (exact) mass is 276 g/mol. The van der Waals surface area contributed by atoms with Gasteiger partial charge in [0.2, 0.25) is 0 Å². The molecule has 0 nitrogen and oxygen atoms in total. The molecule has 0 aliphatic heterocycles. The highest BCUT2D eigenvalue weighted by molar-refractivity contribution is 9.09. The molecular weight excluding hydrogens is 268 g/mol. The van der Waals surface area contributed by atoms with Crippen LogP contribution in [-0.2, 0) is 5.33 Å². The third kappa shape index (κ3) is 2.31. The second-order valence-corrected chi connectivity index (χ2v) is 4.38. The van der Waals surface area contributed by atoms with Gasteiger partial charge in [0, 0.05) is 10.2 Å². The van der Waals surface area contributed by atoms with E-state index in [-0.39, 0.29) is 0 Å². The van der Waals surface area contributed by atoms with E-state index in [1.54, 1.807) is 0 Å². The van der Waals surface area contributed by atoms with Crippen LogP contribution in [0.5, 0.6) is 0 Å². The van der Waals surface area contributed by atoms with Gasteiger partial charge in [0.1, 0.15) is 0 Å². The van der Waals surface area contributed by atoms with Gasteiger partial charge in [-0.05, 0) is 18.1 Å². The number of halogens is 2. The molecule has 0 saturated heterocycles. The topological polar surface area (TPSA) is 0 Å². The predicted octanol–water partition coefficient (Wildman–Crippen LogP) is 4.04. The van der Waals surface area contributed by atoms with Crippen molar-refractivity contribution >= 4 is 31.9 Å². The average Bonchev–Trinajstić information content (AvgIpc) is 2.04. The zero-order valence-electron chi connectivity index (χ0n) is 6.35. The van der Waals surface area contributed by atoms with E-state index in [4.69, 9.17) is 0 Å². The Labute approximate surface area is 84.3 Å². The van der Waals surface area contributed by atoms with Crippen molar-refractivity contribution in [2.45, 2.75) is 17.1 Å². The van der Waals surface area contributed by atoms with Crippen LogP contribution in [0.4, 0.5) is 0 Å². The van der Waals surface area contributed by atoms with E-state index in [2.05, 4.69) is 63.0 Å². The molecule has 0 amide bonds. The third-order valence-corrected chi connectivity index (χ3v) is 2.72. The largest absolute Gasteiger partial charge is 0.0876 e. The Morgan fingerprint density at radius 3 is 2.45 bits per heavy atom. The van der Waals surface area contributed by atoms with Crippen LogP contribution >= 0.6 is 31.9 Å². The van der Waals surface area contributed by atoms with Crippen molar-refractivity contribution in [1.29, 1.82) is 0 Å². The molecule has 0 heterocycles. The van der Waals surface area contributed by atoms with E-state index in [9.17, 15) is 0 Å². The molecule has 1 aromatic rings. The van der Waals surface area contributed by atoms with Gasteiger partial charge in [-0.1, -0.05) is 56.1 Å². The summed E-state index contributed by atoms with van der Waals surface area (Å²) in [5.74, 6) is 0. The first-order valence-corrected chi connectivity index (χ1v) is 5.57. The lowest BCUT2D eigenvalue weighted by molar-refractivity contribution is 1.09. The van der Waals surface area contributed by atoms with E-state index < -0.39 is 0 Å². The van der Waals surface area contributed by atoms with Crippen molar-refractivity contribution in [2.24, 2.45) is 0 Å². The van der Waals surface area contributed by atoms with Crippen LogP contribution < -0.4 is 0 Å². The molecule has 0 N–H and O–H groups in total. The van der Waals surface area contributed by atoms with Crippen molar-refractivity contribution in [1.82, 2.24) is 0 Å². The normalized spacial score (nSPS) is 13.0. The van der Waals surface area contributed by atoms with Crippen molar-refractivity contribution in [3.05, 3.63) is 35.4 Å². The molecular formula is C9H10Br2. The molecule has 0 radical (unpaired) electrons. The van der Waals surface area contributed by atoms with Crippen LogP contribution in [0.15, 0.2) is 24.3 Å². The predicted molar refractivity (Wildman–Crippen MR) is 56.4 cm³/mol. The lowest BCUT2D eigenvalue weighted by atomic mass is 10.1. The van der Waals surface area contributed by atoms with Crippen LogP contribution in [0, 0.1) is 0 Å². The molecule has 60 valence electrons. The summed E-state index contributed by atoms with van der Waals surface area (Å²) in [5.41, 5.74) is 2.72. The van der Waals surface area contributed by atoms with Gasteiger partial charge in [-0.25, -0.2) is 0 Å². The number of benzene rings is 1. The minimum absolute atomic E-state index is 0.441. The number of hydrogen-bond donors (Lipinski definition) is 0. The smallest absolute Gasteiger partial charge is 0.0370 e. The highest BCUT2D eigenvalue weighted by Gasteiger charge is 2.04. The van der Waals surface area contributed by atoms with Crippen LogP contribution in [0.3, 0.4) is 0 Å². The third-order valence-electron chi connectivity index (χ3n) is 1.63. The molecule has 1 rings (SSSR count). The van der Waals surface area contributed by atoms with E-state index >= 15 is 0 Å². The lowest BCUT2D eigenvalue weighted by Gasteiger charge is -2.07. The highest BCUT2D eigenvalue weighted by Crippen LogP contribution is 2.26. The highest BCUT2D eigenvalue weighted by atomic mass is 79.9. The number of hydrogen-bond acceptors (Lipinski definition) is 0. The minimum atomic E-state index is 0.441. The van der Waals surface area contributed by atoms with E-state index in [1.807, 2.05) is 0 Å². The van der Waals surface area contributed by atoms with Crippen LogP contribution in [0.1, 0.15) is 22.9 Å². The van der Waals surface area contributed by atoms with Gasteiger partial charge in [0.15, 0.2) is 0 Å². The zero-order valence-corrected chi connectivity index (χ0v) is 9.52.